The summed E-state index contributed by atoms with van der Waals surface area (Å²) in [5.41, 5.74) is 0. The first-order valence-corrected chi connectivity index (χ1v) is 6.03. The van der Waals surface area contributed by atoms with Crippen LogP contribution in [0.3, 0.4) is 0 Å². The summed E-state index contributed by atoms with van der Waals surface area (Å²) in [6.07, 6.45) is 9.20. The van der Waals surface area contributed by atoms with Crippen molar-refractivity contribution in [3.8, 4) is 0 Å². The molecule has 0 aliphatic heterocycles. The third-order valence-corrected chi connectivity index (χ3v) is 2.49. The predicted molar refractivity (Wildman–Crippen MR) is 55.5 cm³/mol. The minimum atomic E-state index is 0.717. The number of rotatable bonds is 8. The molecule has 0 spiro atoms. The normalized spacial score (nSPS) is 11.2. The second-order valence-corrected chi connectivity index (χ2v) is 3.84. The summed E-state index contributed by atoms with van der Waals surface area (Å²) in [7, 11) is 0.717. The molecular weight excluding hydrogens is 164 g/mol. The van der Waals surface area contributed by atoms with E-state index in [4.69, 9.17) is 4.43 Å². The third-order valence-electron chi connectivity index (χ3n) is 1.52. The van der Waals surface area contributed by atoms with Crippen LogP contribution in [-0.2, 0) is 4.43 Å². The molecule has 0 heterocycles. The van der Waals surface area contributed by atoms with Crippen LogP contribution in [0, 0.1) is 0 Å². The summed E-state index contributed by atoms with van der Waals surface area (Å²) >= 11 is 0. The lowest BCUT2D eigenvalue weighted by molar-refractivity contribution is 0.342. The molecule has 0 aromatic heterocycles. The zero-order chi connectivity index (χ0) is 9.07. The van der Waals surface area contributed by atoms with Crippen molar-refractivity contribution < 1.29 is 4.43 Å². The van der Waals surface area contributed by atoms with Crippen LogP contribution in [0.5, 0.6) is 0 Å². The first-order valence-electron chi connectivity index (χ1n) is 4.91. The Balaban J connectivity index is 2.86. The smallest absolute Gasteiger partial charge is 0.229 e. The van der Waals surface area contributed by atoms with Gasteiger partial charge in [-0.05, 0) is 18.9 Å². The van der Waals surface area contributed by atoms with Gasteiger partial charge in [-0.2, -0.15) is 0 Å². The van der Waals surface area contributed by atoms with Gasteiger partial charge >= 0.3 is 0 Å². The van der Waals surface area contributed by atoms with E-state index in [1.54, 1.807) is 0 Å². The van der Waals surface area contributed by atoms with Gasteiger partial charge in [0.25, 0.3) is 0 Å². The van der Waals surface area contributed by atoms with Gasteiger partial charge in [0.05, 0.1) is 0 Å². The van der Waals surface area contributed by atoms with Gasteiger partial charge in [0.2, 0.25) is 9.76 Å². The molecule has 0 bridgehead atoms. The second-order valence-electron chi connectivity index (χ2n) is 2.76. The lowest BCUT2D eigenvalue weighted by atomic mass is 10.3. The van der Waals surface area contributed by atoms with Crippen LogP contribution < -0.4 is 0 Å². The largest absolute Gasteiger partial charge is 0.417 e. The summed E-state index contributed by atoms with van der Waals surface area (Å²) in [6, 6.07) is 1.24. The molecule has 0 aliphatic carbocycles. The van der Waals surface area contributed by atoms with E-state index in [1.807, 2.05) is 0 Å². The Kier molecular flexibility index (Phi) is 10.8. The highest BCUT2D eigenvalue weighted by molar-refractivity contribution is 6.26. The SMILES string of the molecule is CCC=CCCO[Si]CCCC. The van der Waals surface area contributed by atoms with E-state index >= 15 is 0 Å². The Morgan fingerprint density at radius 1 is 1.25 bits per heavy atom. The molecule has 0 aliphatic rings. The Hall–Kier alpha value is -0.0831. The van der Waals surface area contributed by atoms with Crippen LogP contribution in [0.4, 0.5) is 0 Å². The third kappa shape index (κ3) is 9.92. The molecule has 0 aromatic carbocycles. The first kappa shape index (κ1) is 11.9. The summed E-state index contributed by atoms with van der Waals surface area (Å²) in [6.45, 7) is 5.27. The molecule has 0 rings (SSSR count). The van der Waals surface area contributed by atoms with Crippen LogP contribution in [0.15, 0.2) is 12.2 Å². The van der Waals surface area contributed by atoms with E-state index in [2.05, 4.69) is 26.0 Å². The quantitative estimate of drug-likeness (QED) is 0.320. The molecule has 0 N–H and O–H groups in total. The molecule has 0 fully saturated rings. The lowest BCUT2D eigenvalue weighted by Gasteiger charge is -1.98. The van der Waals surface area contributed by atoms with Gasteiger partial charge in [-0.15, -0.1) is 0 Å². The van der Waals surface area contributed by atoms with Crippen molar-refractivity contribution in [1.29, 1.82) is 0 Å². The van der Waals surface area contributed by atoms with Gasteiger partial charge in [0.15, 0.2) is 0 Å². The Bertz CT molecular complexity index is 102. The lowest BCUT2D eigenvalue weighted by Crippen LogP contribution is -1.98. The Labute approximate surface area is 79.1 Å². The van der Waals surface area contributed by atoms with Crippen LogP contribution in [0.25, 0.3) is 0 Å². The fourth-order valence-electron chi connectivity index (χ4n) is 0.805. The van der Waals surface area contributed by atoms with Crippen molar-refractivity contribution in [2.75, 3.05) is 6.61 Å². The van der Waals surface area contributed by atoms with Crippen molar-refractivity contribution in [2.24, 2.45) is 0 Å². The van der Waals surface area contributed by atoms with Gasteiger partial charge in [-0.3, -0.25) is 0 Å². The molecule has 0 saturated carbocycles. The highest BCUT2D eigenvalue weighted by Crippen LogP contribution is 1.94. The maximum atomic E-state index is 5.46. The van der Waals surface area contributed by atoms with E-state index in [-0.39, 0.29) is 0 Å². The van der Waals surface area contributed by atoms with Crippen LogP contribution in [-0.4, -0.2) is 16.4 Å². The Morgan fingerprint density at radius 3 is 2.75 bits per heavy atom. The average molecular weight is 184 g/mol. The Morgan fingerprint density at radius 2 is 2.08 bits per heavy atom. The molecule has 70 valence electrons. The molecule has 0 aromatic rings. The number of hydrogen-bond acceptors (Lipinski definition) is 1. The zero-order valence-corrected chi connectivity index (χ0v) is 9.31. The standard InChI is InChI=1S/C10H20OSi/c1-3-5-7-8-9-11-12-10-6-4-2/h5,7H,3-4,6,8-10H2,1-2H3. The van der Waals surface area contributed by atoms with Crippen molar-refractivity contribution >= 4 is 9.76 Å². The molecule has 12 heavy (non-hydrogen) atoms. The van der Waals surface area contributed by atoms with Crippen LogP contribution in [0.2, 0.25) is 6.04 Å². The van der Waals surface area contributed by atoms with Crippen molar-refractivity contribution in [1.82, 2.24) is 0 Å². The second kappa shape index (κ2) is 10.9. The minimum absolute atomic E-state index is 0.717. The van der Waals surface area contributed by atoms with E-state index in [0.29, 0.717) is 0 Å². The molecule has 1 nitrogen and oxygen atoms in total. The van der Waals surface area contributed by atoms with Gasteiger partial charge in [-0.1, -0.05) is 38.8 Å². The van der Waals surface area contributed by atoms with Gasteiger partial charge in [0, 0.05) is 6.61 Å². The maximum Gasteiger partial charge on any atom is 0.229 e. The molecule has 0 amide bonds. The summed E-state index contributed by atoms with van der Waals surface area (Å²) in [4.78, 5) is 0. The van der Waals surface area contributed by atoms with E-state index in [9.17, 15) is 0 Å². The summed E-state index contributed by atoms with van der Waals surface area (Å²) in [5.74, 6) is 0. The molecule has 0 atom stereocenters. The van der Waals surface area contributed by atoms with Crippen molar-refractivity contribution in [2.45, 2.75) is 45.6 Å². The molecule has 2 heteroatoms. The van der Waals surface area contributed by atoms with Crippen molar-refractivity contribution in [3.05, 3.63) is 12.2 Å². The van der Waals surface area contributed by atoms with Crippen LogP contribution in [0.1, 0.15) is 39.5 Å². The average Bonchev–Trinajstić information content (AvgIpc) is 2.10. The van der Waals surface area contributed by atoms with E-state index in [1.165, 1.54) is 18.9 Å². The molecule has 0 saturated heterocycles. The first-order chi connectivity index (χ1) is 5.91. The minimum Gasteiger partial charge on any atom is -0.417 e. The number of unbranched alkanes of at least 4 members (excludes halogenated alkanes) is 1. The number of hydrogen-bond donors (Lipinski definition) is 0. The maximum absolute atomic E-state index is 5.46. The van der Waals surface area contributed by atoms with Gasteiger partial charge in [0.1, 0.15) is 0 Å². The molecule has 0 unspecified atom stereocenters. The molecular formula is C10H20OSi. The fraction of sp³-hybridized carbons (Fsp3) is 0.800. The summed E-state index contributed by atoms with van der Waals surface area (Å²) in [5, 5.41) is 0. The highest BCUT2D eigenvalue weighted by Gasteiger charge is 1.89. The zero-order valence-electron chi connectivity index (χ0n) is 8.31. The van der Waals surface area contributed by atoms with E-state index in [0.717, 1.165) is 29.2 Å². The highest BCUT2D eigenvalue weighted by atomic mass is 28.2. The monoisotopic (exact) mass is 184 g/mol. The van der Waals surface area contributed by atoms with Gasteiger partial charge in [-0.25, -0.2) is 0 Å². The predicted octanol–water partition coefficient (Wildman–Crippen LogP) is 3.20. The molecule has 2 radical (unpaired) electrons. The fourth-order valence-corrected chi connectivity index (χ4v) is 1.71. The van der Waals surface area contributed by atoms with E-state index < -0.39 is 0 Å². The van der Waals surface area contributed by atoms with Crippen LogP contribution >= 0.6 is 0 Å². The van der Waals surface area contributed by atoms with Gasteiger partial charge < -0.3 is 4.43 Å². The topological polar surface area (TPSA) is 9.23 Å². The summed E-state index contributed by atoms with van der Waals surface area (Å²) < 4.78 is 5.46. The number of allylic oxidation sites excluding steroid dienone is 1. The van der Waals surface area contributed by atoms with Crippen molar-refractivity contribution in [3.63, 3.8) is 0 Å².